The van der Waals surface area contributed by atoms with Crippen molar-refractivity contribution in [1.82, 2.24) is 0 Å². The summed E-state index contributed by atoms with van der Waals surface area (Å²) in [5.74, 6) is 0. The number of thiol groups is 1. The molecule has 0 aromatic carbocycles. The molecule has 0 aliphatic rings. The molecule has 0 saturated carbocycles. The lowest BCUT2D eigenvalue weighted by atomic mass is 9.90. The number of aliphatic hydroxyl groups is 1. The Labute approximate surface area is 71.4 Å². The minimum Gasteiger partial charge on any atom is -0.387 e. The SMILES string of the molecule is CC(C)(O)C(C)(C)OSS. The Morgan fingerprint density at radius 3 is 1.80 bits per heavy atom. The lowest BCUT2D eigenvalue weighted by molar-refractivity contribution is -0.0803. The zero-order valence-electron chi connectivity index (χ0n) is 6.71. The van der Waals surface area contributed by atoms with Crippen molar-refractivity contribution in [2.75, 3.05) is 0 Å². The molecule has 10 heavy (non-hydrogen) atoms. The lowest BCUT2D eigenvalue weighted by Gasteiger charge is -2.35. The molecule has 4 heteroatoms. The summed E-state index contributed by atoms with van der Waals surface area (Å²) in [6.45, 7) is 7.04. The van der Waals surface area contributed by atoms with E-state index in [2.05, 4.69) is 11.7 Å². The molecule has 0 atom stereocenters. The largest absolute Gasteiger partial charge is 0.387 e. The summed E-state index contributed by atoms with van der Waals surface area (Å²) in [7, 11) is 0. The number of hydrogen-bond donors (Lipinski definition) is 2. The highest BCUT2D eigenvalue weighted by molar-refractivity contribution is 8.66. The summed E-state index contributed by atoms with van der Waals surface area (Å²) in [6.07, 6.45) is 0. The molecule has 0 aliphatic heterocycles. The van der Waals surface area contributed by atoms with Gasteiger partial charge in [-0.1, -0.05) is 11.7 Å². The van der Waals surface area contributed by atoms with Gasteiger partial charge in [-0.05, 0) is 27.7 Å². The fraction of sp³-hybridized carbons (Fsp3) is 1.00. The highest BCUT2D eigenvalue weighted by Crippen LogP contribution is 2.30. The fourth-order valence-electron chi connectivity index (χ4n) is 0.195. The third kappa shape index (κ3) is 2.70. The zero-order chi connectivity index (χ0) is 8.41. The minimum absolute atomic E-state index is 0.570. The van der Waals surface area contributed by atoms with E-state index < -0.39 is 11.2 Å². The molecule has 0 unspecified atom stereocenters. The Kier molecular flexibility index (Phi) is 3.55. The molecule has 0 aromatic rings. The van der Waals surface area contributed by atoms with Crippen LogP contribution in [0.25, 0.3) is 0 Å². The molecule has 0 bridgehead atoms. The van der Waals surface area contributed by atoms with Crippen LogP contribution in [-0.4, -0.2) is 16.3 Å². The molecule has 0 heterocycles. The second kappa shape index (κ2) is 3.34. The Balaban J connectivity index is 4.10. The van der Waals surface area contributed by atoms with Gasteiger partial charge in [0.05, 0.1) is 16.7 Å². The maximum atomic E-state index is 9.50. The van der Waals surface area contributed by atoms with Gasteiger partial charge < -0.3 is 5.11 Å². The van der Waals surface area contributed by atoms with Gasteiger partial charge in [-0.15, -0.1) is 0 Å². The van der Waals surface area contributed by atoms with E-state index in [1.807, 2.05) is 13.8 Å². The first-order valence-corrected chi connectivity index (χ1v) is 4.82. The van der Waals surface area contributed by atoms with Gasteiger partial charge in [0.2, 0.25) is 0 Å². The monoisotopic (exact) mass is 182 g/mol. The van der Waals surface area contributed by atoms with Crippen LogP contribution in [0.15, 0.2) is 0 Å². The predicted octanol–water partition coefficient (Wildman–Crippen LogP) is 2.05. The van der Waals surface area contributed by atoms with Crippen molar-refractivity contribution in [2.24, 2.45) is 0 Å². The molecule has 0 fully saturated rings. The maximum Gasteiger partial charge on any atom is 0.106 e. The smallest absolute Gasteiger partial charge is 0.106 e. The molecule has 0 radical (unpaired) electrons. The first-order valence-electron chi connectivity index (χ1n) is 3.03. The van der Waals surface area contributed by atoms with Gasteiger partial charge in [-0.25, -0.2) is 0 Å². The molecule has 2 nitrogen and oxygen atoms in total. The Bertz CT molecular complexity index is 107. The molecule has 0 rings (SSSR count). The highest BCUT2D eigenvalue weighted by Gasteiger charge is 2.36. The maximum absolute atomic E-state index is 9.50. The molecule has 0 aromatic heterocycles. The quantitative estimate of drug-likeness (QED) is 0.398. The third-order valence-corrected chi connectivity index (χ3v) is 2.43. The van der Waals surface area contributed by atoms with Gasteiger partial charge in [-0.2, -0.15) is 0 Å². The molecular weight excluding hydrogens is 168 g/mol. The van der Waals surface area contributed by atoms with Gasteiger partial charge in [-0.3, -0.25) is 4.18 Å². The van der Waals surface area contributed by atoms with E-state index in [-0.39, 0.29) is 0 Å². The highest BCUT2D eigenvalue weighted by atomic mass is 33.1. The van der Waals surface area contributed by atoms with Gasteiger partial charge in [0, 0.05) is 0 Å². The van der Waals surface area contributed by atoms with Crippen LogP contribution in [0, 0.1) is 0 Å². The van der Waals surface area contributed by atoms with Crippen LogP contribution < -0.4 is 0 Å². The molecule has 0 saturated heterocycles. The van der Waals surface area contributed by atoms with E-state index in [1.54, 1.807) is 13.8 Å². The summed E-state index contributed by atoms with van der Waals surface area (Å²) in [6, 6.07) is 0. The Morgan fingerprint density at radius 1 is 1.30 bits per heavy atom. The first-order chi connectivity index (χ1) is 4.31. The van der Waals surface area contributed by atoms with Crippen LogP contribution >= 0.6 is 22.7 Å². The minimum atomic E-state index is -0.845. The Hall–Kier alpha value is 0.620. The standard InChI is InChI=1S/C6H14O2S2/c1-5(2,7)6(3,4)8-10-9/h7,9H,1-4H3. The topological polar surface area (TPSA) is 29.5 Å². The lowest BCUT2D eigenvalue weighted by Crippen LogP contribution is -2.45. The normalized spacial score (nSPS) is 13.8. The van der Waals surface area contributed by atoms with Crippen LogP contribution in [0.5, 0.6) is 0 Å². The summed E-state index contributed by atoms with van der Waals surface area (Å²) in [5, 5.41) is 9.50. The average Bonchev–Trinajstić information content (AvgIpc) is 1.61. The Morgan fingerprint density at radius 2 is 1.70 bits per heavy atom. The van der Waals surface area contributed by atoms with E-state index in [0.29, 0.717) is 0 Å². The van der Waals surface area contributed by atoms with Crippen molar-refractivity contribution >= 4 is 22.7 Å². The van der Waals surface area contributed by atoms with Gasteiger partial charge in [0.15, 0.2) is 0 Å². The third-order valence-electron chi connectivity index (χ3n) is 1.72. The van der Waals surface area contributed by atoms with E-state index in [9.17, 15) is 5.11 Å². The van der Waals surface area contributed by atoms with Gasteiger partial charge in [0.1, 0.15) is 5.60 Å². The first kappa shape index (κ1) is 10.6. The van der Waals surface area contributed by atoms with Gasteiger partial charge in [0.25, 0.3) is 0 Å². The summed E-state index contributed by atoms with van der Waals surface area (Å²) < 4.78 is 5.12. The van der Waals surface area contributed by atoms with E-state index in [0.717, 1.165) is 11.1 Å². The van der Waals surface area contributed by atoms with E-state index >= 15 is 0 Å². The molecule has 62 valence electrons. The van der Waals surface area contributed by atoms with Crippen LogP contribution in [-0.2, 0) is 4.18 Å². The number of hydrogen-bond acceptors (Lipinski definition) is 4. The summed E-state index contributed by atoms with van der Waals surface area (Å²) >= 11 is 4.80. The number of rotatable bonds is 3. The van der Waals surface area contributed by atoms with E-state index in [4.69, 9.17) is 4.18 Å². The van der Waals surface area contributed by atoms with Crippen molar-refractivity contribution in [3.8, 4) is 0 Å². The van der Waals surface area contributed by atoms with Crippen molar-refractivity contribution in [3.63, 3.8) is 0 Å². The van der Waals surface area contributed by atoms with Crippen molar-refractivity contribution in [1.29, 1.82) is 0 Å². The molecule has 0 amide bonds. The second-order valence-electron chi connectivity index (χ2n) is 3.23. The molecular formula is C6H14O2S2. The summed E-state index contributed by atoms with van der Waals surface area (Å²) in [5.41, 5.74) is -1.41. The molecule has 0 aliphatic carbocycles. The van der Waals surface area contributed by atoms with E-state index in [1.165, 1.54) is 0 Å². The van der Waals surface area contributed by atoms with Crippen LogP contribution in [0.2, 0.25) is 0 Å². The van der Waals surface area contributed by atoms with Crippen molar-refractivity contribution in [2.45, 2.75) is 38.9 Å². The van der Waals surface area contributed by atoms with Crippen LogP contribution in [0.4, 0.5) is 0 Å². The molecule has 1 N–H and O–H groups in total. The average molecular weight is 182 g/mol. The van der Waals surface area contributed by atoms with Crippen LogP contribution in [0.1, 0.15) is 27.7 Å². The van der Waals surface area contributed by atoms with Crippen molar-refractivity contribution in [3.05, 3.63) is 0 Å². The second-order valence-corrected chi connectivity index (χ2v) is 3.99. The van der Waals surface area contributed by atoms with Gasteiger partial charge >= 0.3 is 0 Å². The van der Waals surface area contributed by atoms with Crippen molar-refractivity contribution < 1.29 is 9.29 Å². The molecule has 0 spiro atoms. The van der Waals surface area contributed by atoms with Crippen LogP contribution in [0.3, 0.4) is 0 Å². The zero-order valence-corrected chi connectivity index (χ0v) is 8.42. The predicted molar refractivity (Wildman–Crippen MR) is 48.0 cm³/mol. The fourth-order valence-corrected chi connectivity index (χ4v) is 1.14. The summed E-state index contributed by atoms with van der Waals surface area (Å²) in [4.78, 5) is 0.